The fraction of sp³-hybridized carbons (Fsp3) is 0.167. The van der Waals surface area contributed by atoms with Gasteiger partial charge in [0.15, 0.2) is 0 Å². The zero-order valence-electron chi connectivity index (χ0n) is 9.56. The number of esters is 1. The average Bonchev–Trinajstić information content (AvgIpc) is 2.70. The molecule has 0 bridgehead atoms. The Hall–Kier alpha value is -2.30. The van der Waals surface area contributed by atoms with Crippen molar-refractivity contribution in [2.75, 3.05) is 12.4 Å². The minimum Gasteiger partial charge on any atom is -0.463 e. The molecule has 0 atom stereocenters. The maximum atomic E-state index is 11.3. The summed E-state index contributed by atoms with van der Waals surface area (Å²) in [4.78, 5) is 15.4. The predicted molar refractivity (Wildman–Crippen MR) is 62.3 cm³/mol. The second-order valence-electron chi connectivity index (χ2n) is 3.42. The maximum absolute atomic E-state index is 11.3. The van der Waals surface area contributed by atoms with Crippen LogP contribution in [0.25, 0.3) is 0 Å². The second kappa shape index (κ2) is 4.69. The van der Waals surface area contributed by atoms with Crippen molar-refractivity contribution in [2.45, 2.75) is 6.92 Å². The lowest BCUT2D eigenvalue weighted by atomic mass is 10.3. The summed E-state index contributed by atoms with van der Waals surface area (Å²) in [6.45, 7) is 1.69. The first kappa shape index (κ1) is 11.2. The molecule has 0 aliphatic heterocycles. The molecule has 0 saturated carbocycles. The number of ether oxygens (including phenoxy) is 1. The van der Waals surface area contributed by atoms with Crippen molar-refractivity contribution in [3.63, 3.8) is 0 Å². The summed E-state index contributed by atoms with van der Waals surface area (Å²) in [5, 5.41) is 2.96. The third-order valence-corrected chi connectivity index (χ3v) is 2.19. The van der Waals surface area contributed by atoms with Gasteiger partial charge in [-0.2, -0.15) is 4.98 Å². The Balaban J connectivity index is 2.21. The first-order valence-corrected chi connectivity index (χ1v) is 5.08. The van der Waals surface area contributed by atoms with Crippen molar-refractivity contribution >= 4 is 17.7 Å². The molecule has 0 spiro atoms. The van der Waals surface area contributed by atoms with Crippen LogP contribution in [0.1, 0.15) is 16.2 Å². The number of nitrogens with zero attached hydrogens (tertiary/aromatic N) is 1. The van der Waals surface area contributed by atoms with Gasteiger partial charge in [-0.3, -0.25) is 0 Å². The van der Waals surface area contributed by atoms with E-state index in [1.54, 1.807) is 6.92 Å². The number of para-hydroxylation sites is 1. The van der Waals surface area contributed by atoms with Gasteiger partial charge in [0.2, 0.25) is 5.76 Å². The number of oxazole rings is 1. The van der Waals surface area contributed by atoms with Crippen LogP contribution >= 0.6 is 0 Å². The van der Waals surface area contributed by atoms with E-state index < -0.39 is 5.97 Å². The molecule has 0 aliphatic carbocycles. The monoisotopic (exact) mass is 232 g/mol. The van der Waals surface area contributed by atoms with E-state index in [0.717, 1.165) is 5.69 Å². The van der Waals surface area contributed by atoms with Crippen LogP contribution in [0.2, 0.25) is 0 Å². The van der Waals surface area contributed by atoms with E-state index in [4.69, 9.17) is 4.42 Å². The van der Waals surface area contributed by atoms with E-state index in [0.29, 0.717) is 5.69 Å². The molecule has 17 heavy (non-hydrogen) atoms. The molecule has 2 rings (SSSR count). The molecule has 0 aliphatic rings. The lowest BCUT2D eigenvalue weighted by Crippen LogP contribution is -2.00. The number of rotatable bonds is 3. The van der Waals surface area contributed by atoms with E-state index in [1.807, 2.05) is 30.3 Å². The topological polar surface area (TPSA) is 64.4 Å². The van der Waals surface area contributed by atoms with Crippen LogP contribution in [0.5, 0.6) is 0 Å². The highest BCUT2D eigenvalue weighted by Crippen LogP contribution is 2.19. The maximum Gasteiger partial charge on any atom is 0.376 e. The molecule has 5 heteroatoms. The third-order valence-electron chi connectivity index (χ3n) is 2.19. The second-order valence-corrected chi connectivity index (χ2v) is 3.42. The van der Waals surface area contributed by atoms with Crippen LogP contribution in [0.4, 0.5) is 11.7 Å². The average molecular weight is 232 g/mol. The number of carbonyl (C=O) groups is 1. The molecule has 2 aromatic rings. The highest BCUT2D eigenvalue weighted by atomic mass is 16.5. The van der Waals surface area contributed by atoms with Gasteiger partial charge in [-0.15, -0.1) is 0 Å². The smallest absolute Gasteiger partial charge is 0.376 e. The summed E-state index contributed by atoms with van der Waals surface area (Å²) < 4.78 is 9.85. The Morgan fingerprint density at radius 1 is 1.35 bits per heavy atom. The molecule has 0 fully saturated rings. The number of hydrogen-bond donors (Lipinski definition) is 1. The minimum absolute atomic E-state index is 0.117. The van der Waals surface area contributed by atoms with Gasteiger partial charge < -0.3 is 14.5 Å². The quantitative estimate of drug-likeness (QED) is 0.824. The molecule has 5 nitrogen and oxygen atoms in total. The minimum atomic E-state index is -0.531. The molecule has 0 amide bonds. The summed E-state index contributed by atoms with van der Waals surface area (Å²) >= 11 is 0. The largest absolute Gasteiger partial charge is 0.463 e. The Morgan fingerprint density at radius 2 is 2.06 bits per heavy atom. The van der Waals surface area contributed by atoms with Gasteiger partial charge in [0.1, 0.15) is 0 Å². The van der Waals surface area contributed by atoms with Crippen molar-refractivity contribution in [2.24, 2.45) is 0 Å². The molecule has 0 radical (unpaired) electrons. The van der Waals surface area contributed by atoms with Gasteiger partial charge in [0.05, 0.1) is 12.8 Å². The van der Waals surface area contributed by atoms with Gasteiger partial charge >= 0.3 is 5.97 Å². The highest BCUT2D eigenvalue weighted by molar-refractivity contribution is 5.87. The van der Waals surface area contributed by atoms with Crippen molar-refractivity contribution < 1.29 is 13.9 Å². The van der Waals surface area contributed by atoms with Gasteiger partial charge in [-0.1, -0.05) is 18.2 Å². The Morgan fingerprint density at radius 3 is 2.71 bits per heavy atom. The number of hydrogen-bond acceptors (Lipinski definition) is 5. The number of aryl methyl sites for hydroxylation is 1. The van der Waals surface area contributed by atoms with Crippen LogP contribution in [0.3, 0.4) is 0 Å². The summed E-state index contributed by atoms with van der Waals surface area (Å²) in [5.41, 5.74) is 1.33. The molecule has 1 aromatic heterocycles. The van der Waals surface area contributed by atoms with Crippen molar-refractivity contribution in [1.29, 1.82) is 0 Å². The first-order chi connectivity index (χ1) is 8.20. The van der Waals surface area contributed by atoms with E-state index in [-0.39, 0.29) is 11.8 Å². The number of carbonyl (C=O) groups excluding carboxylic acids is 1. The normalized spacial score (nSPS) is 10.0. The molecule has 88 valence electrons. The molecular formula is C12H12N2O3. The number of anilines is 2. The van der Waals surface area contributed by atoms with Crippen molar-refractivity contribution in [3.8, 4) is 0 Å². The van der Waals surface area contributed by atoms with Gasteiger partial charge in [0.25, 0.3) is 6.01 Å². The van der Waals surface area contributed by atoms with E-state index in [1.165, 1.54) is 7.11 Å². The highest BCUT2D eigenvalue weighted by Gasteiger charge is 2.17. The van der Waals surface area contributed by atoms with E-state index in [2.05, 4.69) is 15.0 Å². The van der Waals surface area contributed by atoms with Crippen LogP contribution in [0, 0.1) is 6.92 Å². The zero-order chi connectivity index (χ0) is 12.3. The van der Waals surface area contributed by atoms with Crippen LogP contribution in [0.15, 0.2) is 34.7 Å². The third kappa shape index (κ3) is 2.44. The lowest BCUT2D eigenvalue weighted by Gasteiger charge is -1.99. The Bertz CT molecular complexity index is 520. The summed E-state index contributed by atoms with van der Waals surface area (Å²) in [6.07, 6.45) is 0. The summed E-state index contributed by atoms with van der Waals surface area (Å²) in [7, 11) is 1.30. The Labute approximate surface area is 98.4 Å². The fourth-order valence-corrected chi connectivity index (χ4v) is 1.38. The molecule has 0 unspecified atom stereocenters. The molecule has 1 heterocycles. The number of methoxy groups -OCH3 is 1. The van der Waals surface area contributed by atoms with Gasteiger partial charge in [-0.25, -0.2) is 4.79 Å². The molecule has 1 aromatic carbocycles. The van der Waals surface area contributed by atoms with Crippen LogP contribution in [-0.4, -0.2) is 18.1 Å². The van der Waals surface area contributed by atoms with Crippen LogP contribution in [-0.2, 0) is 4.74 Å². The van der Waals surface area contributed by atoms with Gasteiger partial charge in [0, 0.05) is 5.69 Å². The first-order valence-electron chi connectivity index (χ1n) is 5.08. The molecule has 1 N–H and O–H groups in total. The van der Waals surface area contributed by atoms with Gasteiger partial charge in [-0.05, 0) is 19.1 Å². The summed E-state index contributed by atoms with van der Waals surface area (Å²) in [5.74, 6) is -0.415. The van der Waals surface area contributed by atoms with E-state index in [9.17, 15) is 4.79 Å². The molecular weight excluding hydrogens is 220 g/mol. The molecule has 0 saturated heterocycles. The van der Waals surface area contributed by atoms with Crippen molar-refractivity contribution in [1.82, 2.24) is 4.98 Å². The van der Waals surface area contributed by atoms with E-state index >= 15 is 0 Å². The number of nitrogens with one attached hydrogen (secondary N) is 1. The number of aromatic nitrogens is 1. The van der Waals surface area contributed by atoms with Crippen molar-refractivity contribution in [3.05, 3.63) is 41.8 Å². The predicted octanol–water partition coefficient (Wildman–Crippen LogP) is 2.51. The zero-order valence-corrected chi connectivity index (χ0v) is 9.56. The summed E-state index contributed by atoms with van der Waals surface area (Å²) in [6, 6.07) is 9.70. The number of benzene rings is 1. The standard InChI is InChI=1S/C12H12N2O3/c1-8-10(11(15)16-2)17-12(13-8)14-9-6-4-3-5-7-9/h3-7H,1-2H3,(H,13,14). The van der Waals surface area contributed by atoms with Crippen LogP contribution < -0.4 is 5.32 Å². The Kier molecular flexibility index (Phi) is 3.09. The fourth-order valence-electron chi connectivity index (χ4n) is 1.38. The lowest BCUT2D eigenvalue weighted by molar-refractivity contribution is 0.0565. The SMILES string of the molecule is COC(=O)c1oc(Nc2ccccc2)nc1C.